The van der Waals surface area contributed by atoms with E-state index in [-0.39, 0.29) is 11.5 Å². The van der Waals surface area contributed by atoms with Crippen molar-refractivity contribution < 1.29 is 35.9 Å². The van der Waals surface area contributed by atoms with Gasteiger partial charge in [0.15, 0.2) is 6.10 Å². The number of carbonyl (C=O) groups is 1. The molecule has 0 aromatic heterocycles. The number of hydrogen-bond acceptors (Lipinski definition) is 5. The smallest absolute Gasteiger partial charge is 0.425 e. The summed E-state index contributed by atoms with van der Waals surface area (Å²) in [6.07, 6.45) is -9.11. The van der Waals surface area contributed by atoms with E-state index in [1.165, 1.54) is 17.0 Å². The third-order valence-corrected chi connectivity index (χ3v) is 8.90. The van der Waals surface area contributed by atoms with Gasteiger partial charge in [-0.05, 0) is 75.4 Å². The van der Waals surface area contributed by atoms with Gasteiger partial charge in [-0.3, -0.25) is 9.80 Å². The predicted octanol–water partition coefficient (Wildman–Crippen LogP) is 4.97. The van der Waals surface area contributed by atoms with Crippen molar-refractivity contribution in [2.75, 3.05) is 51.2 Å². The van der Waals surface area contributed by atoms with E-state index >= 15 is 0 Å². The van der Waals surface area contributed by atoms with Crippen molar-refractivity contribution in [2.45, 2.75) is 69.7 Å². The molecule has 4 aliphatic rings. The Kier molecular flexibility index (Phi) is 7.03. The van der Waals surface area contributed by atoms with Crippen LogP contribution >= 0.6 is 0 Å². The number of rotatable bonds is 4. The molecule has 2 bridgehead atoms. The highest BCUT2D eigenvalue weighted by Gasteiger charge is 2.45. The Balaban J connectivity index is 1.22. The molecule has 1 amide bonds. The van der Waals surface area contributed by atoms with Crippen molar-refractivity contribution in [3.05, 3.63) is 29.3 Å². The highest BCUT2D eigenvalue weighted by molar-refractivity contribution is 5.68. The van der Waals surface area contributed by atoms with Crippen molar-refractivity contribution in [3.63, 3.8) is 0 Å². The number of benzene rings is 1. The minimum Gasteiger partial charge on any atom is -0.437 e. The average molecular weight is 549 g/mol. The first-order valence-electron chi connectivity index (χ1n) is 13.2. The number of halogens is 6. The molecule has 0 saturated carbocycles. The standard InChI is InChI=1S/C26H34F6N4O2/c1-17(25(27,28)29)38-23(37)35-7-4-24(5-8-35)3-6-34(16-24)13-18-9-19(26(30,31)32)11-20(10-18)36-15-21-12-22(36)14-33(21)2/h9-11,17,21-22H,3-8,12-16H2,1-2H3. The number of alkyl halides is 6. The summed E-state index contributed by atoms with van der Waals surface area (Å²) in [5, 5.41) is 0. The van der Waals surface area contributed by atoms with Crippen LogP contribution in [0.2, 0.25) is 0 Å². The second kappa shape index (κ2) is 9.76. The second-order valence-corrected chi connectivity index (χ2v) is 11.5. The number of nitrogens with zero attached hydrogens (tertiary/aromatic N) is 4. The minimum atomic E-state index is -4.60. The van der Waals surface area contributed by atoms with Crippen LogP contribution in [-0.4, -0.2) is 91.5 Å². The maximum Gasteiger partial charge on any atom is 0.425 e. The van der Waals surface area contributed by atoms with Crippen LogP contribution in [0.5, 0.6) is 0 Å². The van der Waals surface area contributed by atoms with Gasteiger partial charge in [0.05, 0.1) is 5.56 Å². The average Bonchev–Trinajstić information content (AvgIpc) is 3.52. The largest absolute Gasteiger partial charge is 0.437 e. The van der Waals surface area contributed by atoms with Gasteiger partial charge in [-0.1, -0.05) is 0 Å². The fraction of sp³-hybridized carbons (Fsp3) is 0.731. The Labute approximate surface area is 218 Å². The predicted molar refractivity (Wildman–Crippen MR) is 129 cm³/mol. The quantitative estimate of drug-likeness (QED) is 0.497. The highest BCUT2D eigenvalue weighted by atomic mass is 19.4. The summed E-state index contributed by atoms with van der Waals surface area (Å²) in [4.78, 5) is 20.0. The fourth-order valence-corrected chi connectivity index (χ4v) is 6.56. The van der Waals surface area contributed by atoms with Crippen molar-refractivity contribution >= 4 is 11.8 Å². The summed E-state index contributed by atoms with van der Waals surface area (Å²) in [7, 11) is 2.05. The lowest BCUT2D eigenvalue weighted by Gasteiger charge is -2.39. The van der Waals surface area contributed by atoms with E-state index in [0.29, 0.717) is 56.3 Å². The number of carbonyl (C=O) groups excluding carboxylic acids is 1. The van der Waals surface area contributed by atoms with Gasteiger partial charge in [0, 0.05) is 57.0 Å². The van der Waals surface area contributed by atoms with Crippen LogP contribution in [0.25, 0.3) is 0 Å². The highest BCUT2D eigenvalue weighted by Crippen LogP contribution is 2.42. The van der Waals surface area contributed by atoms with E-state index in [2.05, 4.69) is 26.5 Å². The monoisotopic (exact) mass is 548 g/mol. The number of piperidine rings is 1. The molecule has 1 spiro atoms. The zero-order valence-corrected chi connectivity index (χ0v) is 21.6. The number of hydrogen-bond donors (Lipinski definition) is 0. The maximum absolute atomic E-state index is 13.8. The van der Waals surface area contributed by atoms with Crippen molar-refractivity contribution in [1.29, 1.82) is 0 Å². The molecule has 1 aromatic carbocycles. The van der Waals surface area contributed by atoms with Crippen LogP contribution < -0.4 is 4.90 Å². The molecule has 4 heterocycles. The Hall–Kier alpha value is -2.21. The maximum atomic E-state index is 13.8. The van der Waals surface area contributed by atoms with Gasteiger partial charge in [-0.15, -0.1) is 0 Å². The number of amides is 1. The zero-order valence-electron chi connectivity index (χ0n) is 21.6. The van der Waals surface area contributed by atoms with Crippen LogP contribution in [0.1, 0.15) is 43.7 Å². The number of ether oxygens (including phenoxy) is 1. The van der Waals surface area contributed by atoms with E-state index in [9.17, 15) is 31.1 Å². The number of fused-ring (bicyclic) bond motifs is 2. The van der Waals surface area contributed by atoms with Crippen molar-refractivity contribution in [3.8, 4) is 0 Å². The lowest BCUT2D eigenvalue weighted by Crippen LogP contribution is -2.46. The SMILES string of the molecule is CC(OC(=O)N1CCC2(CCN(Cc3cc(N4CC5CC4CN5C)cc(C(F)(F)F)c3)C2)CC1)C(F)(F)F. The van der Waals surface area contributed by atoms with Crippen LogP contribution in [0.15, 0.2) is 18.2 Å². The third-order valence-electron chi connectivity index (χ3n) is 8.90. The molecule has 4 aliphatic heterocycles. The number of likely N-dealkylation sites (tertiary alicyclic amines) is 3. The Bertz CT molecular complexity index is 1040. The molecule has 0 radical (unpaired) electrons. The molecule has 0 N–H and O–H groups in total. The van der Waals surface area contributed by atoms with Crippen LogP contribution in [0, 0.1) is 5.41 Å². The first kappa shape index (κ1) is 27.4. The summed E-state index contributed by atoms with van der Waals surface area (Å²) >= 11 is 0. The van der Waals surface area contributed by atoms with E-state index in [0.717, 1.165) is 39.4 Å². The van der Waals surface area contributed by atoms with Gasteiger partial charge in [-0.2, -0.15) is 26.3 Å². The van der Waals surface area contributed by atoms with E-state index in [1.54, 1.807) is 0 Å². The molecule has 12 heteroatoms. The molecular weight excluding hydrogens is 514 g/mol. The van der Waals surface area contributed by atoms with Crippen molar-refractivity contribution in [2.24, 2.45) is 5.41 Å². The Morgan fingerprint density at radius 1 is 1.03 bits per heavy atom. The second-order valence-electron chi connectivity index (χ2n) is 11.5. The molecule has 4 saturated heterocycles. The third kappa shape index (κ3) is 5.57. The topological polar surface area (TPSA) is 39.3 Å². The number of likely N-dealkylation sites (N-methyl/N-ethyl adjacent to an activating group) is 1. The molecule has 38 heavy (non-hydrogen) atoms. The first-order chi connectivity index (χ1) is 17.7. The number of anilines is 1. The van der Waals surface area contributed by atoms with E-state index in [4.69, 9.17) is 0 Å². The molecule has 3 unspecified atom stereocenters. The van der Waals surface area contributed by atoms with E-state index in [1.807, 2.05) is 6.07 Å². The fourth-order valence-electron chi connectivity index (χ4n) is 6.56. The molecule has 0 aliphatic carbocycles. The lowest BCUT2D eigenvalue weighted by atomic mass is 9.78. The van der Waals surface area contributed by atoms with Crippen molar-refractivity contribution in [1.82, 2.24) is 14.7 Å². The van der Waals surface area contributed by atoms with Crippen LogP contribution in [0.3, 0.4) is 0 Å². The molecule has 6 nitrogen and oxygen atoms in total. The minimum absolute atomic E-state index is 0.102. The summed E-state index contributed by atoms with van der Waals surface area (Å²) < 4.78 is 84.1. The summed E-state index contributed by atoms with van der Waals surface area (Å²) in [5.74, 6) is 0. The van der Waals surface area contributed by atoms with Gasteiger partial charge in [0.25, 0.3) is 0 Å². The molecule has 5 rings (SSSR count). The molecular formula is C26H34F6N4O2. The summed E-state index contributed by atoms with van der Waals surface area (Å²) in [6.45, 7) is 4.80. The van der Waals surface area contributed by atoms with Gasteiger partial charge >= 0.3 is 18.4 Å². The van der Waals surface area contributed by atoms with Gasteiger partial charge in [-0.25, -0.2) is 4.79 Å². The molecule has 1 aromatic rings. The summed E-state index contributed by atoms with van der Waals surface area (Å²) in [6, 6.07) is 5.00. The van der Waals surface area contributed by atoms with Gasteiger partial charge in [0.2, 0.25) is 0 Å². The Morgan fingerprint density at radius 3 is 2.29 bits per heavy atom. The number of piperazine rings is 1. The van der Waals surface area contributed by atoms with Gasteiger partial charge < -0.3 is 14.5 Å². The lowest BCUT2D eigenvalue weighted by molar-refractivity contribution is -0.200. The summed E-state index contributed by atoms with van der Waals surface area (Å²) in [5.41, 5.74) is 0.527. The van der Waals surface area contributed by atoms with Gasteiger partial charge in [0.1, 0.15) is 0 Å². The first-order valence-corrected chi connectivity index (χ1v) is 13.2. The van der Waals surface area contributed by atoms with Crippen LogP contribution in [-0.2, 0) is 17.5 Å². The Morgan fingerprint density at radius 2 is 1.71 bits per heavy atom. The van der Waals surface area contributed by atoms with Crippen LogP contribution in [0.4, 0.5) is 36.8 Å². The molecule has 3 atom stereocenters. The molecule has 212 valence electrons. The van der Waals surface area contributed by atoms with E-state index < -0.39 is 30.1 Å². The normalized spacial score (nSPS) is 26.9. The zero-order chi connectivity index (χ0) is 27.5. The molecule has 4 fully saturated rings.